The van der Waals surface area contributed by atoms with Crippen LogP contribution in [0.5, 0.6) is 0 Å². The van der Waals surface area contributed by atoms with E-state index in [1.807, 2.05) is 12.1 Å². The first-order valence-electron chi connectivity index (χ1n) is 7.04. The molecule has 1 aliphatic rings. The molecular formula is C16H24ClN. The highest BCUT2D eigenvalue weighted by atomic mass is 35.5. The van der Waals surface area contributed by atoms with Crippen molar-refractivity contribution in [1.29, 1.82) is 0 Å². The van der Waals surface area contributed by atoms with Gasteiger partial charge in [0, 0.05) is 23.0 Å². The summed E-state index contributed by atoms with van der Waals surface area (Å²) >= 11 is 6.45. The van der Waals surface area contributed by atoms with Gasteiger partial charge in [0.15, 0.2) is 0 Å². The molecule has 1 N–H and O–H groups in total. The highest BCUT2D eigenvalue weighted by Crippen LogP contribution is 2.47. The molecule has 2 unspecified atom stereocenters. The minimum absolute atomic E-state index is 0.225. The quantitative estimate of drug-likeness (QED) is 0.851. The first kappa shape index (κ1) is 13.9. The molecule has 1 nitrogen and oxygen atoms in total. The van der Waals surface area contributed by atoms with Gasteiger partial charge in [0.05, 0.1) is 0 Å². The molecule has 2 atom stereocenters. The van der Waals surface area contributed by atoms with Crippen LogP contribution in [-0.2, 0) is 5.41 Å². The molecule has 2 rings (SSSR count). The SMILES string of the molecule is CC(C)NCC1(c2ccccc2Cl)CCCC1C. The van der Waals surface area contributed by atoms with Crippen molar-refractivity contribution in [2.24, 2.45) is 5.92 Å². The number of halogens is 1. The predicted octanol–water partition coefficient (Wildman–Crippen LogP) is 4.40. The van der Waals surface area contributed by atoms with Gasteiger partial charge in [-0.3, -0.25) is 0 Å². The molecule has 100 valence electrons. The molecule has 1 saturated carbocycles. The Bertz CT molecular complexity index is 402. The summed E-state index contributed by atoms with van der Waals surface area (Å²) < 4.78 is 0. The first-order chi connectivity index (χ1) is 8.56. The molecule has 0 amide bonds. The Morgan fingerprint density at radius 2 is 2.11 bits per heavy atom. The molecule has 0 heterocycles. The van der Waals surface area contributed by atoms with Gasteiger partial charge in [-0.05, 0) is 30.4 Å². The normalized spacial score (nSPS) is 27.9. The van der Waals surface area contributed by atoms with Crippen molar-refractivity contribution in [2.45, 2.75) is 51.5 Å². The van der Waals surface area contributed by atoms with Gasteiger partial charge < -0.3 is 5.32 Å². The Morgan fingerprint density at radius 3 is 2.67 bits per heavy atom. The van der Waals surface area contributed by atoms with E-state index in [4.69, 9.17) is 11.6 Å². The molecule has 2 heteroatoms. The number of benzene rings is 1. The van der Waals surface area contributed by atoms with E-state index in [-0.39, 0.29) is 5.41 Å². The Balaban J connectivity index is 2.33. The number of hydrogen-bond acceptors (Lipinski definition) is 1. The van der Waals surface area contributed by atoms with Crippen LogP contribution in [0.1, 0.15) is 45.6 Å². The van der Waals surface area contributed by atoms with Crippen LogP contribution >= 0.6 is 11.6 Å². The molecule has 1 fully saturated rings. The zero-order valence-corrected chi connectivity index (χ0v) is 12.4. The Kier molecular flexibility index (Phi) is 4.34. The summed E-state index contributed by atoms with van der Waals surface area (Å²) in [5, 5.41) is 4.55. The van der Waals surface area contributed by atoms with E-state index >= 15 is 0 Å². The molecule has 1 aromatic carbocycles. The van der Waals surface area contributed by atoms with Gasteiger partial charge in [0.1, 0.15) is 0 Å². The smallest absolute Gasteiger partial charge is 0.0444 e. The maximum Gasteiger partial charge on any atom is 0.0444 e. The molecule has 0 spiro atoms. The average Bonchev–Trinajstić information content (AvgIpc) is 2.70. The molecule has 1 aliphatic carbocycles. The molecule has 1 aromatic rings. The second-order valence-electron chi connectivity index (χ2n) is 5.96. The number of hydrogen-bond donors (Lipinski definition) is 1. The molecular weight excluding hydrogens is 242 g/mol. The van der Waals surface area contributed by atoms with Crippen LogP contribution < -0.4 is 5.32 Å². The minimum Gasteiger partial charge on any atom is -0.314 e. The van der Waals surface area contributed by atoms with Crippen molar-refractivity contribution in [3.8, 4) is 0 Å². The fourth-order valence-corrected chi connectivity index (χ4v) is 3.58. The van der Waals surface area contributed by atoms with Gasteiger partial charge in [0.25, 0.3) is 0 Å². The van der Waals surface area contributed by atoms with Crippen LogP contribution in [-0.4, -0.2) is 12.6 Å². The van der Waals surface area contributed by atoms with E-state index in [1.165, 1.54) is 24.8 Å². The summed E-state index contributed by atoms with van der Waals surface area (Å²) in [5.41, 5.74) is 1.56. The standard InChI is InChI=1S/C16H24ClN/c1-12(2)18-11-16(10-6-7-13(16)3)14-8-4-5-9-15(14)17/h4-5,8-9,12-13,18H,6-7,10-11H2,1-3H3. The molecule has 0 saturated heterocycles. The van der Waals surface area contributed by atoms with Crippen molar-refractivity contribution in [1.82, 2.24) is 5.32 Å². The number of rotatable bonds is 4. The second kappa shape index (κ2) is 5.63. The van der Waals surface area contributed by atoms with Crippen LogP contribution in [0.15, 0.2) is 24.3 Å². The van der Waals surface area contributed by atoms with E-state index in [9.17, 15) is 0 Å². The lowest BCUT2D eigenvalue weighted by molar-refractivity contribution is 0.308. The monoisotopic (exact) mass is 265 g/mol. The van der Waals surface area contributed by atoms with Gasteiger partial charge >= 0.3 is 0 Å². The van der Waals surface area contributed by atoms with E-state index in [0.29, 0.717) is 12.0 Å². The topological polar surface area (TPSA) is 12.0 Å². The minimum atomic E-state index is 0.225. The highest BCUT2D eigenvalue weighted by Gasteiger charge is 2.42. The zero-order valence-electron chi connectivity index (χ0n) is 11.7. The summed E-state index contributed by atoms with van der Waals surface area (Å²) in [7, 11) is 0. The average molecular weight is 266 g/mol. The van der Waals surface area contributed by atoms with Crippen molar-refractivity contribution in [3.05, 3.63) is 34.9 Å². The number of nitrogens with one attached hydrogen (secondary N) is 1. The summed E-state index contributed by atoms with van der Waals surface area (Å²) in [6.07, 6.45) is 3.87. The lowest BCUT2D eigenvalue weighted by Crippen LogP contribution is -2.42. The first-order valence-corrected chi connectivity index (χ1v) is 7.42. The maximum atomic E-state index is 6.45. The summed E-state index contributed by atoms with van der Waals surface area (Å²) in [4.78, 5) is 0. The van der Waals surface area contributed by atoms with Crippen molar-refractivity contribution in [2.75, 3.05) is 6.54 Å². The summed E-state index contributed by atoms with van der Waals surface area (Å²) in [6, 6.07) is 8.90. The van der Waals surface area contributed by atoms with Crippen LogP contribution in [0.3, 0.4) is 0 Å². The summed E-state index contributed by atoms with van der Waals surface area (Å²) in [5.74, 6) is 0.698. The van der Waals surface area contributed by atoms with Crippen LogP contribution in [0.25, 0.3) is 0 Å². The molecule has 0 aromatic heterocycles. The third-order valence-electron chi connectivity index (χ3n) is 4.44. The molecule has 18 heavy (non-hydrogen) atoms. The third-order valence-corrected chi connectivity index (χ3v) is 4.77. The molecule has 0 radical (unpaired) electrons. The lowest BCUT2D eigenvalue weighted by Gasteiger charge is -2.36. The van der Waals surface area contributed by atoms with Crippen LogP contribution in [0.4, 0.5) is 0 Å². The zero-order chi connectivity index (χ0) is 13.2. The van der Waals surface area contributed by atoms with Crippen LogP contribution in [0, 0.1) is 5.92 Å². The second-order valence-corrected chi connectivity index (χ2v) is 6.37. The fraction of sp³-hybridized carbons (Fsp3) is 0.625. The van der Waals surface area contributed by atoms with Gasteiger partial charge in [-0.2, -0.15) is 0 Å². The highest BCUT2D eigenvalue weighted by molar-refractivity contribution is 6.31. The van der Waals surface area contributed by atoms with E-state index in [1.54, 1.807) is 0 Å². The van der Waals surface area contributed by atoms with Crippen LogP contribution in [0.2, 0.25) is 5.02 Å². The fourth-order valence-electron chi connectivity index (χ4n) is 3.26. The van der Waals surface area contributed by atoms with E-state index in [0.717, 1.165) is 11.6 Å². The largest absolute Gasteiger partial charge is 0.314 e. The molecule has 0 aliphatic heterocycles. The summed E-state index contributed by atoms with van der Waals surface area (Å²) in [6.45, 7) is 7.83. The van der Waals surface area contributed by atoms with E-state index < -0.39 is 0 Å². The predicted molar refractivity (Wildman–Crippen MR) is 79.3 cm³/mol. The molecule has 0 bridgehead atoms. The van der Waals surface area contributed by atoms with Crippen molar-refractivity contribution < 1.29 is 0 Å². The Hall–Kier alpha value is -0.530. The van der Waals surface area contributed by atoms with E-state index in [2.05, 4.69) is 38.2 Å². The maximum absolute atomic E-state index is 6.45. The van der Waals surface area contributed by atoms with Gasteiger partial charge in [0.2, 0.25) is 0 Å². The Labute approximate surface area is 116 Å². The lowest BCUT2D eigenvalue weighted by atomic mass is 9.72. The van der Waals surface area contributed by atoms with Crippen molar-refractivity contribution in [3.63, 3.8) is 0 Å². The van der Waals surface area contributed by atoms with Gasteiger partial charge in [-0.15, -0.1) is 0 Å². The Morgan fingerprint density at radius 1 is 1.39 bits per heavy atom. The van der Waals surface area contributed by atoms with Gasteiger partial charge in [-0.25, -0.2) is 0 Å². The third kappa shape index (κ3) is 2.57. The van der Waals surface area contributed by atoms with Crippen molar-refractivity contribution >= 4 is 11.6 Å². The van der Waals surface area contributed by atoms with Gasteiger partial charge in [-0.1, -0.05) is 57.0 Å².